The maximum atomic E-state index is 11.1. The first kappa shape index (κ1) is 12.9. The second-order valence-corrected chi connectivity index (χ2v) is 3.78. The zero-order valence-electron chi connectivity index (χ0n) is 10.5. The zero-order valence-corrected chi connectivity index (χ0v) is 10.5. The fourth-order valence-electron chi connectivity index (χ4n) is 1.72. The Morgan fingerprint density at radius 2 is 2.21 bits per heavy atom. The third kappa shape index (κ3) is 3.04. The molecule has 1 aromatic heterocycles. The molecule has 0 fully saturated rings. The number of nitrogens with one attached hydrogen (secondary N) is 1. The molecule has 0 bridgehead atoms. The molecular formula is C13H14N2O4. The molecule has 19 heavy (non-hydrogen) atoms. The van der Waals surface area contributed by atoms with E-state index in [1.165, 1.54) is 0 Å². The van der Waals surface area contributed by atoms with Crippen LogP contribution in [0.1, 0.15) is 12.7 Å². The monoisotopic (exact) mass is 262 g/mol. The predicted octanol–water partition coefficient (Wildman–Crippen LogP) is 3.20. The van der Waals surface area contributed by atoms with Gasteiger partial charge in [0, 0.05) is 0 Å². The summed E-state index contributed by atoms with van der Waals surface area (Å²) in [5, 5.41) is 14.1. The summed E-state index contributed by atoms with van der Waals surface area (Å²) in [5.74, 6) is 0.966. The van der Waals surface area contributed by atoms with Crippen molar-refractivity contribution in [1.29, 1.82) is 0 Å². The van der Waals surface area contributed by atoms with Gasteiger partial charge in [0.05, 0.1) is 24.3 Å². The summed E-state index contributed by atoms with van der Waals surface area (Å²) in [6.07, 6.45) is 1.56. The molecule has 0 radical (unpaired) electrons. The van der Waals surface area contributed by atoms with Gasteiger partial charge in [-0.05, 0) is 31.2 Å². The number of para-hydroxylation sites is 1. The van der Waals surface area contributed by atoms with Crippen LogP contribution in [-0.2, 0) is 6.54 Å². The molecule has 100 valence electrons. The molecule has 0 atom stereocenters. The minimum Gasteiger partial charge on any atom is -0.487 e. The van der Waals surface area contributed by atoms with E-state index in [2.05, 4.69) is 5.32 Å². The van der Waals surface area contributed by atoms with Crippen molar-refractivity contribution in [2.45, 2.75) is 13.5 Å². The number of nitro groups is 1. The lowest BCUT2D eigenvalue weighted by Crippen LogP contribution is -2.04. The maximum Gasteiger partial charge on any atom is 0.333 e. The van der Waals surface area contributed by atoms with Crippen molar-refractivity contribution in [3.8, 4) is 5.75 Å². The molecule has 0 aliphatic heterocycles. The topological polar surface area (TPSA) is 77.5 Å². The number of ether oxygens (including phenoxy) is 1. The Kier molecular flexibility index (Phi) is 4.02. The number of hydrogen-bond donors (Lipinski definition) is 1. The third-order valence-corrected chi connectivity index (χ3v) is 2.51. The SMILES string of the molecule is CCOc1cccc(NCc2ccco2)c1[N+](=O)[O-]. The largest absolute Gasteiger partial charge is 0.487 e. The molecule has 6 heteroatoms. The number of anilines is 1. The second kappa shape index (κ2) is 5.90. The first-order valence-corrected chi connectivity index (χ1v) is 5.88. The summed E-state index contributed by atoms with van der Waals surface area (Å²) in [4.78, 5) is 10.7. The van der Waals surface area contributed by atoms with Crippen LogP contribution in [0.5, 0.6) is 5.75 Å². The average Bonchev–Trinajstić information content (AvgIpc) is 2.89. The fraction of sp³-hybridized carbons (Fsp3) is 0.231. The number of benzene rings is 1. The lowest BCUT2D eigenvalue weighted by Gasteiger charge is -2.09. The molecule has 2 aromatic rings. The molecule has 0 spiro atoms. The lowest BCUT2D eigenvalue weighted by molar-refractivity contribution is -0.384. The molecule has 0 saturated carbocycles. The molecule has 0 aliphatic carbocycles. The first-order chi connectivity index (χ1) is 9.22. The van der Waals surface area contributed by atoms with Crippen molar-refractivity contribution >= 4 is 11.4 Å². The van der Waals surface area contributed by atoms with Crippen LogP contribution in [0.4, 0.5) is 11.4 Å². The molecule has 1 heterocycles. The van der Waals surface area contributed by atoms with Gasteiger partial charge in [-0.1, -0.05) is 6.07 Å². The van der Waals surface area contributed by atoms with E-state index in [4.69, 9.17) is 9.15 Å². The van der Waals surface area contributed by atoms with Crippen molar-refractivity contribution < 1.29 is 14.1 Å². The van der Waals surface area contributed by atoms with Crippen molar-refractivity contribution in [2.24, 2.45) is 0 Å². The van der Waals surface area contributed by atoms with Gasteiger partial charge >= 0.3 is 5.69 Å². The highest BCUT2D eigenvalue weighted by molar-refractivity contribution is 5.68. The summed E-state index contributed by atoms with van der Waals surface area (Å²) in [6.45, 7) is 2.54. The molecule has 1 N–H and O–H groups in total. The Hall–Kier alpha value is -2.50. The van der Waals surface area contributed by atoms with E-state index in [0.717, 1.165) is 0 Å². The minimum absolute atomic E-state index is 0.0593. The first-order valence-electron chi connectivity index (χ1n) is 5.88. The van der Waals surface area contributed by atoms with E-state index in [1.54, 1.807) is 43.5 Å². The fourth-order valence-corrected chi connectivity index (χ4v) is 1.72. The Labute approximate surface area is 110 Å². The summed E-state index contributed by atoms with van der Waals surface area (Å²) in [6, 6.07) is 8.50. The van der Waals surface area contributed by atoms with Gasteiger partial charge in [0.1, 0.15) is 11.4 Å². The maximum absolute atomic E-state index is 11.1. The van der Waals surface area contributed by atoms with Gasteiger partial charge in [-0.3, -0.25) is 10.1 Å². The van der Waals surface area contributed by atoms with Crippen molar-refractivity contribution in [3.63, 3.8) is 0 Å². The van der Waals surface area contributed by atoms with Gasteiger partial charge in [0.2, 0.25) is 0 Å². The van der Waals surface area contributed by atoms with Crippen LogP contribution in [0, 0.1) is 10.1 Å². The van der Waals surface area contributed by atoms with Crippen molar-refractivity contribution in [3.05, 3.63) is 52.5 Å². The Morgan fingerprint density at radius 1 is 1.37 bits per heavy atom. The minimum atomic E-state index is -0.449. The number of nitro benzene ring substituents is 1. The van der Waals surface area contributed by atoms with Gasteiger partial charge in [0.25, 0.3) is 0 Å². The van der Waals surface area contributed by atoms with Crippen molar-refractivity contribution in [1.82, 2.24) is 0 Å². The van der Waals surface area contributed by atoms with Gasteiger partial charge in [0.15, 0.2) is 5.75 Å². The van der Waals surface area contributed by atoms with E-state index < -0.39 is 4.92 Å². The molecule has 0 aliphatic rings. The lowest BCUT2D eigenvalue weighted by atomic mass is 10.2. The highest BCUT2D eigenvalue weighted by Crippen LogP contribution is 2.34. The van der Waals surface area contributed by atoms with E-state index in [9.17, 15) is 10.1 Å². The van der Waals surface area contributed by atoms with E-state index in [0.29, 0.717) is 24.6 Å². The smallest absolute Gasteiger partial charge is 0.333 e. The third-order valence-electron chi connectivity index (χ3n) is 2.51. The van der Waals surface area contributed by atoms with E-state index >= 15 is 0 Å². The van der Waals surface area contributed by atoms with E-state index in [1.807, 2.05) is 0 Å². The average molecular weight is 262 g/mol. The number of rotatable bonds is 6. The molecule has 0 amide bonds. The van der Waals surface area contributed by atoms with Crippen LogP contribution in [0.2, 0.25) is 0 Å². The number of hydrogen-bond acceptors (Lipinski definition) is 5. The molecule has 2 rings (SSSR count). The standard InChI is InChI=1S/C13H14N2O4/c1-2-18-12-7-3-6-11(13(12)15(16)17)14-9-10-5-4-8-19-10/h3-8,14H,2,9H2,1H3. The zero-order chi connectivity index (χ0) is 13.7. The Balaban J connectivity index is 2.23. The quantitative estimate of drug-likeness (QED) is 0.639. The number of nitrogens with zero attached hydrogens (tertiary/aromatic N) is 1. The van der Waals surface area contributed by atoms with Crippen LogP contribution in [0.3, 0.4) is 0 Å². The van der Waals surface area contributed by atoms with Crippen LogP contribution in [0.15, 0.2) is 41.0 Å². The summed E-state index contributed by atoms with van der Waals surface area (Å²) in [5.41, 5.74) is 0.350. The van der Waals surface area contributed by atoms with Crippen LogP contribution in [0.25, 0.3) is 0 Å². The molecule has 6 nitrogen and oxygen atoms in total. The van der Waals surface area contributed by atoms with Gasteiger partial charge < -0.3 is 14.5 Å². The summed E-state index contributed by atoms with van der Waals surface area (Å²) in [7, 11) is 0. The number of furan rings is 1. The Morgan fingerprint density at radius 3 is 2.84 bits per heavy atom. The van der Waals surface area contributed by atoms with Crippen LogP contribution >= 0.6 is 0 Å². The normalized spacial score (nSPS) is 10.2. The van der Waals surface area contributed by atoms with Crippen molar-refractivity contribution in [2.75, 3.05) is 11.9 Å². The van der Waals surface area contributed by atoms with Gasteiger partial charge in [-0.25, -0.2) is 0 Å². The molecule has 1 aromatic carbocycles. The molecule has 0 saturated heterocycles. The highest BCUT2D eigenvalue weighted by atomic mass is 16.6. The Bertz CT molecular complexity index is 552. The highest BCUT2D eigenvalue weighted by Gasteiger charge is 2.20. The van der Waals surface area contributed by atoms with E-state index in [-0.39, 0.29) is 11.4 Å². The van der Waals surface area contributed by atoms with Gasteiger partial charge in [-0.15, -0.1) is 0 Å². The van der Waals surface area contributed by atoms with Crippen LogP contribution < -0.4 is 10.1 Å². The van der Waals surface area contributed by atoms with Gasteiger partial charge in [-0.2, -0.15) is 0 Å². The van der Waals surface area contributed by atoms with Crippen LogP contribution in [-0.4, -0.2) is 11.5 Å². The molecule has 0 unspecified atom stereocenters. The molecular weight excluding hydrogens is 248 g/mol. The summed E-state index contributed by atoms with van der Waals surface area (Å²) >= 11 is 0. The second-order valence-electron chi connectivity index (χ2n) is 3.78. The summed E-state index contributed by atoms with van der Waals surface area (Å²) < 4.78 is 10.4. The predicted molar refractivity (Wildman–Crippen MR) is 70.3 cm³/mol.